The fourth-order valence-electron chi connectivity index (χ4n) is 1.91. The van der Waals surface area contributed by atoms with Gasteiger partial charge in [-0.3, -0.25) is 0 Å². The van der Waals surface area contributed by atoms with Crippen LogP contribution in [0.5, 0.6) is 10.9 Å². The summed E-state index contributed by atoms with van der Waals surface area (Å²) in [6.07, 6.45) is 0. The molecule has 3 aromatic rings. The van der Waals surface area contributed by atoms with E-state index in [4.69, 9.17) is 9.47 Å². The number of esters is 1. The number of fused-ring (bicyclic) bond motifs is 1. The lowest BCUT2D eigenvalue weighted by Crippen LogP contribution is -2.03. The molecule has 3 rings (SSSR count). The van der Waals surface area contributed by atoms with Crippen molar-refractivity contribution in [2.45, 2.75) is 6.92 Å². The Morgan fingerprint density at radius 3 is 2.81 bits per heavy atom. The van der Waals surface area contributed by atoms with Crippen molar-refractivity contribution in [3.8, 4) is 10.9 Å². The first kappa shape index (κ1) is 13.5. The van der Waals surface area contributed by atoms with Crippen LogP contribution < -0.4 is 4.74 Å². The molecule has 2 aromatic carbocycles. The number of benzene rings is 2. The van der Waals surface area contributed by atoms with Gasteiger partial charge in [-0.15, -0.1) is 5.10 Å². The lowest BCUT2D eigenvalue weighted by molar-refractivity contribution is 0.0525. The van der Waals surface area contributed by atoms with Gasteiger partial charge in [0.15, 0.2) is 0 Å². The highest BCUT2D eigenvalue weighted by atomic mass is 32.1. The van der Waals surface area contributed by atoms with Crippen molar-refractivity contribution >= 4 is 28.1 Å². The fourth-order valence-corrected chi connectivity index (χ4v) is 2.51. The molecule has 0 aliphatic carbocycles. The van der Waals surface area contributed by atoms with Crippen molar-refractivity contribution < 1.29 is 14.3 Å². The van der Waals surface area contributed by atoms with E-state index < -0.39 is 5.97 Å². The summed E-state index contributed by atoms with van der Waals surface area (Å²) in [5.74, 6) is 0.197. The Morgan fingerprint density at radius 1 is 1.14 bits per heavy atom. The number of hydrogen-bond acceptors (Lipinski definition) is 6. The van der Waals surface area contributed by atoms with Gasteiger partial charge in [0, 0.05) is 5.39 Å². The number of nitrogens with zero attached hydrogens (tertiary/aromatic N) is 2. The van der Waals surface area contributed by atoms with Crippen LogP contribution in [0, 0.1) is 0 Å². The van der Waals surface area contributed by atoms with Crippen molar-refractivity contribution in [1.82, 2.24) is 10.2 Å². The third-order valence-electron chi connectivity index (χ3n) is 2.80. The molecule has 6 heteroatoms. The molecule has 0 aliphatic rings. The second-order valence-electron chi connectivity index (χ2n) is 4.17. The molecule has 0 aliphatic heterocycles. The normalized spacial score (nSPS) is 10.5. The minimum absolute atomic E-state index is 0.187. The molecule has 0 unspecified atom stereocenters. The minimum Gasteiger partial charge on any atom is -0.461 e. The molecule has 0 atom stereocenters. The van der Waals surface area contributed by atoms with E-state index in [0.717, 1.165) is 22.1 Å². The van der Waals surface area contributed by atoms with Crippen molar-refractivity contribution in [2.24, 2.45) is 0 Å². The molecule has 0 radical (unpaired) electrons. The summed E-state index contributed by atoms with van der Waals surface area (Å²) in [6.45, 7) is 2.05. The van der Waals surface area contributed by atoms with Crippen LogP contribution in [0.25, 0.3) is 10.8 Å². The van der Waals surface area contributed by atoms with E-state index in [-0.39, 0.29) is 5.01 Å². The molecule has 0 saturated carbocycles. The zero-order valence-corrected chi connectivity index (χ0v) is 12.1. The topological polar surface area (TPSA) is 61.3 Å². The zero-order chi connectivity index (χ0) is 14.7. The SMILES string of the molecule is CCOC(=O)c1nnc(Oc2cccc3ccccc23)s1. The van der Waals surface area contributed by atoms with E-state index in [0.29, 0.717) is 17.6 Å². The van der Waals surface area contributed by atoms with E-state index in [1.54, 1.807) is 6.92 Å². The van der Waals surface area contributed by atoms with Gasteiger partial charge in [0.2, 0.25) is 5.01 Å². The molecular formula is C15H12N2O3S. The van der Waals surface area contributed by atoms with E-state index in [2.05, 4.69) is 10.2 Å². The third kappa shape index (κ3) is 2.85. The molecule has 1 aromatic heterocycles. The first-order valence-electron chi connectivity index (χ1n) is 6.44. The van der Waals surface area contributed by atoms with Gasteiger partial charge >= 0.3 is 5.97 Å². The molecular weight excluding hydrogens is 288 g/mol. The molecule has 5 nitrogen and oxygen atoms in total. The molecule has 106 valence electrons. The van der Waals surface area contributed by atoms with E-state index in [1.807, 2.05) is 42.5 Å². The largest absolute Gasteiger partial charge is 0.461 e. The lowest BCUT2D eigenvalue weighted by atomic mass is 10.1. The number of carbonyl (C=O) groups excluding carboxylic acids is 1. The summed E-state index contributed by atoms with van der Waals surface area (Å²) in [7, 11) is 0. The van der Waals surface area contributed by atoms with Crippen LogP contribution >= 0.6 is 11.3 Å². The van der Waals surface area contributed by atoms with Gasteiger partial charge in [-0.2, -0.15) is 0 Å². The number of ether oxygens (including phenoxy) is 2. The van der Waals surface area contributed by atoms with Crippen molar-refractivity contribution in [1.29, 1.82) is 0 Å². The van der Waals surface area contributed by atoms with E-state index in [1.165, 1.54) is 0 Å². The maximum atomic E-state index is 11.6. The van der Waals surface area contributed by atoms with Gasteiger partial charge in [0.1, 0.15) is 5.75 Å². The predicted molar refractivity (Wildman–Crippen MR) is 79.9 cm³/mol. The molecule has 21 heavy (non-hydrogen) atoms. The van der Waals surface area contributed by atoms with Gasteiger partial charge in [-0.25, -0.2) is 4.79 Å². The highest BCUT2D eigenvalue weighted by Crippen LogP contribution is 2.31. The van der Waals surface area contributed by atoms with Gasteiger partial charge < -0.3 is 9.47 Å². The van der Waals surface area contributed by atoms with Crippen LogP contribution in [-0.2, 0) is 4.74 Å². The van der Waals surface area contributed by atoms with Crippen LogP contribution in [0.4, 0.5) is 0 Å². The van der Waals surface area contributed by atoms with Gasteiger partial charge in [0.05, 0.1) is 6.61 Å². The highest BCUT2D eigenvalue weighted by Gasteiger charge is 2.15. The van der Waals surface area contributed by atoms with Crippen molar-refractivity contribution in [3.63, 3.8) is 0 Å². The van der Waals surface area contributed by atoms with Crippen LogP contribution in [0.2, 0.25) is 0 Å². The summed E-state index contributed by atoms with van der Waals surface area (Å²) in [4.78, 5) is 11.6. The number of rotatable bonds is 4. The lowest BCUT2D eigenvalue weighted by Gasteiger charge is -2.05. The average Bonchev–Trinajstić information content (AvgIpc) is 2.97. The standard InChI is InChI=1S/C15H12N2O3S/c1-2-19-14(18)13-16-17-15(21-13)20-12-9-5-7-10-6-3-4-8-11(10)12/h3-9H,2H2,1H3. The van der Waals surface area contributed by atoms with Crippen LogP contribution in [0.3, 0.4) is 0 Å². The summed E-state index contributed by atoms with van der Waals surface area (Å²) in [5.41, 5.74) is 0. The highest BCUT2D eigenvalue weighted by molar-refractivity contribution is 7.14. The summed E-state index contributed by atoms with van der Waals surface area (Å²) in [5, 5.41) is 10.2. The second kappa shape index (κ2) is 5.88. The Morgan fingerprint density at radius 2 is 1.95 bits per heavy atom. The van der Waals surface area contributed by atoms with Gasteiger partial charge in [-0.1, -0.05) is 41.5 Å². The molecule has 0 saturated heterocycles. The molecule has 0 spiro atoms. The van der Waals surface area contributed by atoms with Gasteiger partial charge in [0.25, 0.3) is 5.19 Å². The average molecular weight is 300 g/mol. The predicted octanol–water partition coefficient (Wildman–Crippen LogP) is 3.66. The Labute approximate surface area is 125 Å². The Hall–Kier alpha value is -2.47. The quantitative estimate of drug-likeness (QED) is 0.688. The van der Waals surface area contributed by atoms with Crippen molar-refractivity contribution in [3.05, 3.63) is 47.5 Å². The summed E-state index contributed by atoms with van der Waals surface area (Å²) in [6, 6.07) is 13.7. The van der Waals surface area contributed by atoms with Crippen LogP contribution in [0.15, 0.2) is 42.5 Å². The number of hydrogen-bond donors (Lipinski definition) is 0. The second-order valence-corrected chi connectivity index (χ2v) is 5.11. The first-order valence-corrected chi connectivity index (χ1v) is 7.26. The maximum Gasteiger partial charge on any atom is 0.369 e. The molecule has 0 amide bonds. The smallest absolute Gasteiger partial charge is 0.369 e. The van der Waals surface area contributed by atoms with E-state index in [9.17, 15) is 4.79 Å². The van der Waals surface area contributed by atoms with Crippen molar-refractivity contribution in [2.75, 3.05) is 6.61 Å². The van der Waals surface area contributed by atoms with Crippen LogP contribution in [-0.4, -0.2) is 22.8 Å². The summed E-state index contributed by atoms with van der Waals surface area (Å²) < 4.78 is 10.6. The maximum absolute atomic E-state index is 11.6. The number of aromatic nitrogens is 2. The first-order chi connectivity index (χ1) is 10.3. The molecule has 0 fully saturated rings. The molecule has 1 heterocycles. The Bertz CT molecular complexity index is 780. The summed E-state index contributed by atoms with van der Waals surface area (Å²) >= 11 is 1.07. The molecule has 0 N–H and O–H groups in total. The van der Waals surface area contributed by atoms with Gasteiger partial charge in [-0.05, 0) is 29.7 Å². The fraction of sp³-hybridized carbons (Fsp3) is 0.133. The zero-order valence-electron chi connectivity index (χ0n) is 11.3. The van der Waals surface area contributed by atoms with Crippen LogP contribution in [0.1, 0.15) is 16.7 Å². The monoisotopic (exact) mass is 300 g/mol. The number of carbonyl (C=O) groups is 1. The molecule has 0 bridgehead atoms. The minimum atomic E-state index is -0.484. The third-order valence-corrected chi connectivity index (χ3v) is 3.58. The Kier molecular flexibility index (Phi) is 3.79. The Balaban J connectivity index is 1.87. The van der Waals surface area contributed by atoms with E-state index >= 15 is 0 Å².